The predicted octanol–water partition coefficient (Wildman–Crippen LogP) is 16.7. The van der Waals surface area contributed by atoms with E-state index in [9.17, 15) is 0 Å². The Morgan fingerprint density at radius 1 is 0.290 bits per heavy atom. The van der Waals surface area contributed by atoms with Gasteiger partial charge in [0, 0.05) is 73.0 Å². The Labute approximate surface area is 443 Å². The van der Waals surface area contributed by atoms with Crippen LogP contribution in [0.25, 0.3) is 30.1 Å². The molecule has 0 fully saturated rings. The first-order valence-electron chi connectivity index (χ1n) is 23.0. The van der Waals surface area contributed by atoms with Gasteiger partial charge in [-0.25, -0.2) is 0 Å². The Hall–Kier alpha value is 2.51. The topological polar surface area (TPSA) is 139 Å². The zero-order valence-corrected chi connectivity index (χ0v) is 61.5. The molecular weight excluding hydrogens is 1310 g/mol. The van der Waals surface area contributed by atoms with Crippen LogP contribution >= 0.6 is 0 Å². The molecule has 0 amide bonds. The first-order chi connectivity index (χ1) is 26.1. The van der Waals surface area contributed by atoms with E-state index >= 15 is 0 Å². The fourth-order valence-electron chi connectivity index (χ4n) is 4.16. The van der Waals surface area contributed by atoms with E-state index in [0.29, 0.717) is 20.2 Å². The van der Waals surface area contributed by atoms with Gasteiger partial charge in [0.25, 0.3) is 0 Å². The number of hydrogen-bond acceptors (Lipinski definition) is 4. The van der Waals surface area contributed by atoms with Crippen molar-refractivity contribution in [3.05, 3.63) is 30.1 Å². The summed E-state index contributed by atoms with van der Waals surface area (Å²) in [5.74, 6) is 0. The first-order valence-corrected chi connectivity index (χ1v) is 40.7. The van der Waals surface area contributed by atoms with Crippen molar-refractivity contribution < 1.29 is 62.2 Å². The van der Waals surface area contributed by atoms with Crippen LogP contribution in [0.3, 0.4) is 0 Å². The molecule has 0 atom stereocenters. The van der Waals surface area contributed by atoms with Gasteiger partial charge in [-0.3, -0.25) is 0 Å². The summed E-state index contributed by atoms with van der Waals surface area (Å²) in [5.41, 5.74) is 0. The third-order valence-electron chi connectivity index (χ3n) is 15.3. The second kappa shape index (κ2) is 27.8. The van der Waals surface area contributed by atoms with Gasteiger partial charge in [0.2, 0.25) is 0 Å². The van der Waals surface area contributed by atoms with Crippen molar-refractivity contribution in [3.8, 4) is 0 Å². The summed E-state index contributed by atoms with van der Waals surface area (Å²) in [7, 11) is -9.89. The first kappa shape index (κ1) is 73.5. The summed E-state index contributed by atoms with van der Waals surface area (Å²) in [5, 5.41) is 29.0. The third-order valence-corrected chi connectivity index (χ3v) is 42.9. The van der Waals surface area contributed by atoms with Gasteiger partial charge in [0.1, 0.15) is 0 Å². The number of nitrogens with zero attached hydrogens (tertiary/aromatic N) is 10. The van der Waals surface area contributed by atoms with Crippen LogP contribution in [-0.2, 0) is 0 Å². The van der Waals surface area contributed by atoms with E-state index in [0.717, 1.165) is 52.4 Å². The summed E-state index contributed by atoms with van der Waals surface area (Å²) in [6.07, 6.45) is 0. The van der Waals surface area contributed by atoms with Crippen LogP contribution in [0.2, 0.25) is 109 Å². The standard InChI is InChI=1S/2C22H53N4Si3.N2.2U/c2*1-20(2,3)27(10,11)23-16-18-26(25-29(14,15)22(7,8)9)19-17-24-28(12,13)21(4,5)6;1-2;;/h2*16-19H2,1-15H3;;;/q2*-3;;;. The van der Waals surface area contributed by atoms with Gasteiger partial charge in [-0.05, 0) is 42.6 Å². The van der Waals surface area contributed by atoms with E-state index < -0.39 is 49.4 Å². The molecule has 0 rings (SSSR count). The molecule has 0 aromatic heterocycles. The van der Waals surface area contributed by atoms with Crippen LogP contribution in [0.1, 0.15) is 125 Å². The molecule has 0 N–H and O–H groups in total. The van der Waals surface area contributed by atoms with Crippen LogP contribution in [-0.4, -0.2) is 112 Å². The van der Waals surface area contributed by atoms with E-state index in [1.165, 1.54) is 0 Å². The van der Waals surface area contributed by atoms with Gasteiger partial charge in [0.05, 0.1) is 0 Å². The van der Waals surface area contributed by atoms with Crippen molar-refractivity contribution in [2.45, 2.75) is 233 Å². The number of rotatable bonds is 20. The van der Waals surface area contributed by atoms with Gasteiger partial charge in [0.15, 0.2) is 0 Å². The van der Waals surface area contributed by atoms with E-state index in [1.54, 1.807) is 0 Å². The van der Waals surface area contributed by atoms with Crippen molar-refractivity contribution in [1.82, 2.24) is 10.0 Å². The number of hydrogen-bond donors (Lipinski definition) is 0. The molecule has 0 saturated heterocycles. The largest absolute Gasteiger partial charge is 0.663 e. The minimum absolute atomic E-state index is 0. The normalized spacial score (nSPS) is 14.4. The Balaban J connectivity index is -0.000000326. The van der Waals surface area contributed by atoms with Crippen LogP contribution in [0.4, 0.5) is 0 Å². The molecule has 0 unspecified atom stereocenters. The zero-order chi connectivity index (χ0) is 49.1. The van der Waals surface area contributed by atoms with Gasteiger partial charge >= 0.3 is 0 Å². The molecule has 0 aliphatic rings. The molecule has 18 heteroatoms. The summed E-state index contributed by atoms with van der Waals surface area (Å²) in [6, 6.07) is 0. The molecule has 0 bridgehead atoms. The van der Waals surface area contributed by atoms with Crippen molar-refractivity contribution >= 4 is 49.4 Å². The summed E-state index contributed by atoms with van der Waals surface area (Å²) >= 11 is 0. The SMILES string of the molecule is CC(C)(C)[Si](C)(C)[N-]CCN(CC[N-][Si](C)(C)C(C)(C)C)[N-][Si](C)(C)C(C)(C)C.CC(C)(C)[Si](C)(C)[N-]CCN(CC[N-][Si](C)(C)C(C)(C)C)[N-][Si](C)(C)C(C)(C)C.N#N.[U].[U]. The van der Waals surface area contributed by atoms with Gasteiger partial charge in [-0.15, -0.1) is 26.2 Å². The maximum atomic E-state index is 6.00. The fraction of sp³-hybridized carbons (Fsp3) is 1.00. The molecular formula is C44H106N10Si6U2-6. The van der Waals surface area contributed by atoms with Crippen molar-refractivity contribution in [2.75, 3.05) is 52.4 Å². The van der Waals surface area contributed by atoms with Crippen LogP contribution in [0.15, 0.2) is 0 Å². The van der Waals surface area contributed by atoms with E-state index in [2.05, 4.69) is 213 Å². The van der Waals surface area contributed by atoms with E-state index in [-0.39, 0.29) is 72.3 Å². The van der Waals surface area contributed by atoms with Crippen LogP contribution < -0.4 is 0 Å². The molecule has 0 aromatic carbocycles. The zero-order valence-electron chi connectivity index (χ0n) is 47.1. The van der Waals surface area contributed by atoms with Crippen molar-refractivity contribution in [3.63, 3.8) is 0 Å². The summed E-state index contributed by atoms with van der Waals surface area (Å²) in [6.45, 7) is 77.8. The Morgan fingerprint density at radius 3 is 0.532 bits per heavy atom. The Morgan fingerprint density at radius 2 is 0.419 bits per heavy atom. The molecule has 0 heterocycles. The van der Waals surface area contributed by atoms with Crippen molar-refractivity contribution in [1.29, 1.82) is 10.8 Å². The Bertz CT molecular complexity index is 1080. The van der Waals surface area contributed by atoms with E-state index in [1.807, 2.05) is 0 Å². The molecule has 0 aromatic rings. The molecule has 0 radical (unpaired) electrons. The molecule has 0 saturated carbocycles. The minimum Gasteiger partial charge on any atom is -0.663 e. The fourth-order valence-corrected chi connectivity index (χ4v) is 11.1. The summed E-state index contributed by atoms with van der Waals surface area (Å²) < 4.78 is 0. The smallest absolute Gasteiger partial charge is 0 e. The molecule has 10 nitrogen and oxygen atoms in total. The predicted molar refractivity (Wildman–Crippen MR) is 289 cm³/mol. The molecule has 0 aliphatic carbocycles. The second-order valence-electron chi connectivity index (χ2n) is 26.5. The maximum absolute atomic E-state index is 6.00. The van der Waals surface area contributed by atoms with E-state index in [4.69, 9.17) is 40.9 Å². The van der Waals surface area contributed by atoms with Gasteiger partial charge in [-0.2, -0.15) is 0 Å². The van der Waals surface area contributed by atoms with Crippen LogP contribution in [0, 0.1) is 73.0 Å². The molecule has 370 valence electrons. The Kier molecular flexibility index (Phi) is 32.9. The molecule has 62 heavy (non-hydrogen) atoms. The molecule has 0 spiro atoms. The maximum Gasteiger partial charge on any atom is 0 e. The van der Waals surface area contributed by atoms with Gasteiger partial charge < -0.3 is 40.1 Å². The van der Waals surface area contributed by atoms with Crippen molar-refractivity contribution in [2.24, 2.45) is 0 Å². The average Bonchev–Trinajstić information content (AvgIpc) is 2.98. The third kappa shape index (κ3) is 26.5. The van der Waals surface area contributed by atoms with Crippen LogP contribution in [0.5, 0.6) is 0 Å². The quantitative estimate of drug-likeness (QED) is 0.0680. The monoisotopic (exact) mass is 1420 g/mol. The van der Waals surface area contributed by atoms with Gasteiger partial charge in [-0.1, -0.05) is 266 Å². The average molecular weight is 1420 g/mol. The minimum atomic E-state index is -1.74. The summed E-state index contributed by atoms with van der Waals surface area (Å²) in [4.78, 5) is 20.7. The second-order valence-corrected chi connectivity index (χ2v) is 55.9. The molecule has 0 aliphatic heterocycles.